The fraction of sp³-hybridized carbons (Fsp3) is 0.533. The van der Waals surface area contributed by atoms with Crippen molar-refractivity contribution in [2.45, 2.75) is 13.3 Å². The summed E-state index contributed by atoms with van der Waals surface area (Å²) in [6.45, 7) is 7.20. The molecule has 1 aliphatic rings. The van der Waals surface area contributed by atoms with Crippen molar-refractivity contribution in [3.05, 3.63) is 28.8 Å². The van der Waals surface area contributed by atoms with Crippen LogP contribution in [0.15, 0.2) is 18.2 Å². The number of nitrogens with one attached hydrogen (secondary N) is 1. The number of hydrogen-bond donors (Lipinski definition) is 1. The second-order valence-electron chi connectivity index (χ2n) is 5.02. The van der Waals surface area contributed by atoms with Crippen LogP contribution in [-0.2, 0) is 4.74 Å². The molecule has 4 nitrogen and oxygen atoms in total. The predicted molar refractivity (Wildman–Crippen MR) is 81.8 cm³/mol. The van der Waals surface area contributed by atoms with Crippen LogP contribution in [0.4, 0.5) is 5.69 Å². The molecular weight excluding hydrogens is 276 g/mol. The minimum atomic E-state index is 0.0314. The van der Waals surface area contributed by atoms with E-state index in [1.807, 2.05) is 12.1 Å². The molecule has 1 saturated heterocycles. The summed E-state index contributed by atoms with van der Waals surface area (Å²) in [5, 5.41) is 3.92. The third kappa shape index (κ3) is 4.78. The Balaban J connectivity index is 1.77. The summed E-state index contributed by atoms with van der Waals surface area (Å²) in [4.78, 5) is 13.8. The van der Waals surface area contributed by atoms with Gasteiger partial charge in [0.15, 0.2) is 5.78 Å². The lowest BCUT2D eigenvalue weighted by molar-refractivity contribution is 0.0378. The first-order valence-electron chi connectivity index (χ1n) is 7.00. The summed E-state index contributed by atoms with van der Waals surface area (Å²) in [5.41, 5.74) is 1.55. The number of benzene rings is 1. The Morgan fingerprint density at radius 2 is 2.10 bits per heavy atom. The van der Waals surface area contributed by atoms with Gasteiger partial charge < -0.3 is 10.1 Å². The fourth-order valence-electron chi connectivity index (χ4n) is 2.26. The van der Waals surface area contributed by atoms with E-state index in [1.165, 1.54) is 0 Å². The van der Waals surface area contributed by atoms with E-state index >= 15 is 0 Å². The molecule has 1 aromatic carbocycles. The van der Waals surface area contributed by atoms with Crippen LogP contribution in [-0.4, -0.2) is 50.1 Å². The van der Waals surface area contributed by atoms with E-state index in [-0.39, 0.29) is 5.78 Å². The number of carbonyl (C=O) groups is 1. The van der Waals surface area contributed by atoms with Gasteiger partial charge in [-0.15, -0.1) is 0 Å². The monoisotopic (exact) mass is 296 g/mol. The zero-order valence-corrected chi connectivity index (χ0v) is 12.6. The summed E-state index contributed by atoms with van der Waals surface area (Å²) in [5.74, 6) is 0.0314. The van der Waals surface area contributed by atoms with E-state index in [0.717, 1.165) is 51.5 Å². The Labute approximate surface area is 125 Å². The van der Waals surface area contributed by atoms with Gasteiger partial charge >= 0.3 is 0 Å². The van der Waals surface area contributed by atoms with Gasteiger partial charge in [0.25, 0.3) is 0 Å². The Kier molecular flexibility index (Phi) is 5.83. The summed E-state index contributed by atoms with van der Waals surface area (Å²) in [6, 6.07) is 5.40. The molecule has 0 saturated carbocycles. The smallest absolute Gasteiger partial charge is 0.159 e. The highest BCUT2D eigenvalue weighted by atomic mass is 35.5. The molecule has 1 heterocycles. The minimum Gasteiger partial charge on any atom is -0.385 e. The molecule has 1 N–H and O–H groups in total. The summed E-state index contributed by atoms with van der Waals surface area (Å²) in [6.07, 6.45) is 1.06. The number of halogens is 1. The van der Waals surface area contributed by atoms with Gasteiger partial charge in [-0.1, -0.05) is 11.6 Å². The van der Waals surface area contributed by atoms with Gasteiger partial charge in [0.1, 0.15) is 0 Å². The molecule has 110 valence electrons. The number of ether oxygens (including phenoxy) is 1. The van der Waals surface area contributed by atoms with Crippen molar-refractivity contribution in [2.24, 2.45) is 0 Å². The van der Waals surface area contributed by atoms with Crippen molar-refractivity contribution in [3.63, 3.8) is 0 Å². The standard InChI is InChI=1S/C15H21ClN2O2/c1-12(19)13-9-14(16)11-15(10-13)17-3-2-4-18-5-7-20-8-6-18/h9-11,17H,2-8H2,1H3. The predicted octanol–water partition coefficient (Wildman–Crippen LogP) is 2.68. The van der Waals surface area contributed by atoms with Crippen LogP contribution in [0.25, 0.3) is 0 Å². The molecule has 0 unspecified atom stereocenters. The van der Waals surface area contributed by atoms with Crippen LogP contribution in [0.2, 0.25) is 5.02 Å². The van der Waals surface area contributed by atoms with Gasteiger partial charge in [0.2, 0.25) is 0 Å². The van der Waals surface area contributed by atoms with Crippen molar-refractivity contribution < 1.29 is 9.53 Å². The first-order valence-corrected chi connectivity index (χ1v) is 7.38. The molecule has 0 aromatic heterocycles. The normalized spacial score (nSPS) is 16.1. The molecule has 0 aliphatic carbocycles. The second kappa shape index (κ2) is 7.62. The largest absolute Gasteiger partial charge is 0.385 e. The van der Waals surface area contributed by atoms with Gasteiger partial charge in [-0.2, -0.15) is 0 Å². The third-order valence-electron chi connectivity index (χ3n) is 3.39. The number of rotatable bonds is 6. The highest BCUT2D eigenvalue weighted by Crippen LogP contribution is 2.19. The Bertz CT molecular complexity index is 459. The zero-order valence-electron chi connectivity index (χ0n) is 11.8. The molecule has 0 spiro atoms. The number of morpholine rings is 1. The molecule has 1 aromatic rings. The molecule has 5 heteroatoms. The van der Waals surface area contributed by atoms with Crippen molar-refractivity contribution in [1.82, 2.24) is 4.90 Å². The van der Waals surface area contributed by atoms with E-state index < -0.39 is 0 Å². The molecule has 0 radical (unpaired) electrons. The maximum Gasteiger partial charge on any atom is 0.159 e. The van der Waals surface area contributed by atoms with Gasteiger partial charge in [-0.25, -0.2) is 0 Å². The SMILES string of the molecule is CC(=O)c1cc(Cl)cc(NCCCN2CCOCC2)c1. The summed E-state index contributed by atoms with van der Waals surface area (Å²) in [7, 11) is 0. The zero-order chi connectivity index (χ0) is 14.4. The first-order chi connectivity index (χ1) is 9.65. The highest BCUT2D eigenvalue weighted by molar-refractivity contribution is 6.31. The summed E-state index contributed by atoms with van der Waals surface area (Å²) >= 11 is 6.01. The second-order valence-corrected chi connectivity index (χ2v) is 5.46. The van der Waals surface area contributed by atoms with Crippen molar-refractivity contribution in [3.8, 4) is 0 Å². The highest BCUT2D eigenvalue weighted by Gasteiger charge is 2.09. The van der Waals surface area contributed by atoms with Crippen LogP contribution in [0.3, 0.4) is 0 Å². The molecule has 1 aliphatic heterocycles. The van der Waals surface area contributed by atoms with Crippen LogP contribution >= 0.6 is 11.6 Å². The average molecular weight is 297 g/mol. The lowest BCUT2D eigenvalue weighted by atomic mass is 10.1. The van der Waals surface area contributed by atoms with Crippen LogP contribution in [0.1, 0.15) is 23.7 Å². The maximum atomic E-state index is 11.4. The quantitative estimate of drug-likeness (QED) is 0.647. The van der Waals surface area contributed by atoms with E-state index in [2.05, 4.69) is 10.2 Å². The van der Waals surface area contributed by atoms with E-state index in [0.29, 0.717) is 10.6 Å². The summed E-state index contributed by atoms with van der Waals surface area (Å²) < 4.78 is 5.32. The van der Waals surface area contributed by atoms with Crippen molar-refractivity contribution in [2.75, 3.05) is 44.7 Å². The molecule has 20 heavy (non-hydrogen) atoms. The Hall–Kier alpha value is -1.10. The Morgan fingerprint density at radius 3 is 2.80 bits per heavy atom. The lowest BCUT2D eigenvalue weighted by Crippen LogP contribution is -2.37. The first kappa shape index (κ1) is 15.3. The molecular formula is C15H21ClN2O2. The molecule has 0 amide bonds. The van der Waals surface area contributed by atoms with Gasteiger partial charge in [-0.3, -0.25) is 9.69 Å². The van der Waals surface area contributed by atoms with Gasteiger partial charge in [-0.05, 0) is 38.1 Å². The molecule has 0 bridgehead atoms. The van der Waals surface area contributed by atoms with E-state index in [9.17, 15) is 4.79 Å². The van der Waals surface area contributed by atoms with Crippen LogP contribution < -0.4 is 5.32 Å². The minimum absolute atomic E-state index is 0.0314. The number of carbonyl (C=O) groups excluding carboxylic acids is 1. The number of nitrogens with zero attached hydrogens (tertiary/aromatic N) is 1. The average Bonchev–Trinajstić information content (AvgIpc) is 2.44. The van der Waals surface area contributed by atoms with Gasteiger partial charge in [0, 0.05) is 35.9 Å². The number of hydrogen-bond acceptors (Lipinski definition) is 4. The number of Topliss-reactive ketones (excluding diaryl/α,β-unsaturated/α-hetero) is 1. The number of anilines is 1. The third-order valence-corrected chi connectivity index (χ3v) is 3.61. The molecule has 0 atom stereocenters. The van der Waals surface area contributed by atoms with Crippen molar-refractivity contribution >= 4 is 23.1 Å². The lowest BCUT2D eigenvalue weighted by Gasteiger charge is -2.26. The van der Waals surface area contributed by atoms with Crippen LogP contribution in [0.5, 0.6) is 0 Å². The Morgan fingerprint density at radius 1 is 1.35 bits per heavy atom. The maximum absolute atomic E-state index is 11.4. The fourth-order valence-corrected chi connectivity index (χ4v) is 2.49. The van der Waals surface area contributed by atoms with Crippen molar-refractivity contribution in [1.29, 1.82) is 0 Å². The molecule has 1 fully saturated rings. The van der Waals surface area contributed by atoms with Gasteiger partial charge in [0.05, 0.1) is 13.2 Å². The molecule has 2 rings (SSSR count). The van der Waals surface area contributed by atoms with E-state index in [1.54, 1.807) is 13.0 Å². The van der Waals surface area contributed by atoms with Crippen LogP contribution in [0, 0.1) is 0 Å². The van der Waals surface area contributed by atoms with E-state index in [4.69, 9.17) is 16.3 Å². The topological polar surface area (TPSA) is 41.6 Å². The number of ketones is 1.